The van der Waals surface area contributed by atoms with Gasteiger partial charge in [-0.15, -0.1) is 0 Å². The second-order valence-corrected chi connectivity index (χ2v) is 6.73. The molecule has 0 saturated carbocycles. The Labute approximate surface area is 115 Å². The van der Waals surface area contributed by atoms with E-state index in [9.17, 15) is 0 Å². The number of hydrogen-bond acceptors (Lipinski definition) is 2. The quantitative estimate of drug-likeness (QED) is 0.667. The lowest BCUT2D eigenvalue weighted by Crippen LogP contribution is -2.48. The number of nitrogens with one attached hydrogen (secondary N) is 1. The molecule has 2 atom stereocenters. The summed E-state index contributed by atoms with van der Waals surface area (Å²) in [5.41, 5.74) is 0.195. The first-order chi connectivity index (χ1) is 8.32. The van der Waals surface area contributed by atoms with Crippen molar-refractivity contribution >= 4 is 0 Å². The fourth-order valence-corrected chi connectivity index (χ4v) is 2.52. The van der Waals surface area contributed by atoms with Crippen LogP contribution in [0.4, 0.5) is 0 Å². The average molecular weight is 257 g/mol. The zero-order chi connectivity index (χ0) is 14.2. The van der Waals surface area contributed by atoms with Crippen molar-refractivity contribution in [1.29, 1.82) is 0 Å². The summed E-state index contributed by atoms with van der Waals surface area (Å²) in [6.45, 7) is 17.5. The maximum absolute atomic E-state index is 6.02. The van der Waals surface area contributed by atoms with Crippen LogP contribution in [0.1, 0.15) is 67.7 Å². The second-order valence-electron chi connectivity index (χ2n) is 6.73. The molecular weight excluding hydrogens is 222 g/mol. The van der Waals surface area contributed by atoms with E-state index in [1.165, 1.54) is 19.3 Å². The lowest BCUT2D eigenvalue weighted by molar-refractivity contribution is -0.0376. The third kappa shape index (κ3) is 7.38. The predicted octanol–water partition coefficient (Wildman–Crippen LogP) is 4.24. The molecule has 0 aromatic rings. The highest BCUT2D eigenvalue weighted by Crippen LogP contribution is 2.27. The van der Waals surface area contributed by atoms with Crippen molar-refractivity contribution in [1.82, 2.24) is 5.32 Å². The Hall–Kier alpha value is -0.0800. The van der Waals surface area contributed by atoms with Gasteiger partial charge in [0.25, 0.3) is 0 Å². The molecule has 0 aromatic heterocycles. The lowest BCUT2D eigenvalue weighted by atomic mass is 9.82. The first-order valence-corrected chi connectivity index (χ1v) is 7.67. The minimum absolute atomic E-state index is 0.195. The summed E-state index contributed by atoms with van der Waals surface area (Å²) in [5, 5.41) is 3.62. The molecule has 0 bridgehead atoms. The Morgan fingerprint density at radius 1 is 1.06 bits per heavy atom. The smallest absolute Gasteiger partial charge is 0.0775 e. The molecule has 110 valence electrons. The van der Waals surface area contributed by atoms with Crippen LogP contribution in [0.25, 0.3) is 0 Å². The van der Waals surface area contributed by atoms with Gasteiger partial charge in [0.1, 0.15) is 0 Å². The molecule has 0 heterocycles. The maximum atomic E-state index is 6.02. The molecule has 0 aliphatic rings. The van der Waals surface area contributed by atoms with Crippen molar-refractivity contribution in [2.24, 2.45) is 11.3 Å². The predicted molar refractivity (Wildman–Crippen MR) is 81.0 cm³/mol. The van der Waals surface area contributed by atoms with Gasteiger partial charge in [0.2, 0.25) is 0 Å². The second kappa shape index (κ2) is 8.92. The summed E-state index contributed by atoms with van der Waals surface area (Å²) in [6, 6.07) is 0.480. The molecule has 0 amide bonds. The normalized spacial score (nSPS) is 16.0. The zero-order valence-corrected chi connectivity index (χ0v) is 13.7. The molecule has 0 rings (SSSR count). The molecule has 2 heteroatoms. The van der Waals surface area contributed by atoms with Crippen LogP contribution in [0, 0.1) is 11.3 Å². The van der Waals surface area contributed by atoms with Gasteiger partial charge in [0.05, 0.1) is 6.10 Å². The Balaban J connectivity index is 4.49. The molecule has 0 radical (unpaired) electrons. The Morgan fingerprint density at radius 3 is 2.06 bits per heavy atom. The van der Waals surface area contributed by atoms with Gasteiger partial charge < -0.3 is 10.1 Å². The first-order valence-electron chi connectivity index (χ1n) is 7.67. The topological polar surface area (TPSA) is 21.3 Å². The molecule has 0 aliphatic carbocycles. The van der Waals surface area contributed by atoms with Crippen LogP contribution in [0.15, 0.2) is 0 Å². The summed E-state index contributed by atoms with van der Waals surface area (Å²) in [4.78, 5) is 0. The largest absolute Gasteiger partial charge is 0.376 e. The third-order valence-electron chi connectivity index (χ3n) is 3.33. The molecule has 0 spiro atoms. The van der Waals surface area contributed by atoms with E-state index in [0.717, 1.165) is 19.1 Å². The molecular formula is C16H35NO. The Bertz CT molecular complexity index is 196. The number of hydrogen-bond donors (Lipinski definition) is 1. The van der Waals surface area contributed by atoms with Crippen LogP contribution < -0.4 is 5.32 Å². The van der Waals surface area contributed by atoms with Gasteiger partial charge >= 0.3 is 0 Å². The highest BCUT2D eigenvalue weighted by molar-refractivity contribution is 4.86. The summed E-state index contributed by atoms with van der Waals surface area (Å²) in [5.74, 6) is 0.799. The molecule has 18 heavy (non-hydrogen) atoms. The van der Waals surface area contributed by atoms with Crippen molar-refractivity contribution in [3.8, 4) is 0 Å². The van der Waals surface area contributed by atoms with E-state index in [1.807, 2.05) is 0 Å². The lowest BCUT2D eigenvalue weighted by Gasteiger charge is -2.37. The van der Waals surface area contributed by atoms with E-state index >= 15 is 0 Å². The van der Waals surface area contributed by atoms with Gasteiger partial charge in [-0.3, -0.25) is 0 Å². The van der Waals surface area contributed by atoms with Gasteiger partial charge in [-0.25, -0.2) is 0 Å². The van der Waals surface area contributed by atoms with E-state index < -0.39 is 0 Å². The summed E-state index contributed by atoms with van der Waals surface area (Å²) in [7, 11) is 0. The van der Waals surface area contributed by atoms with E-state index in [0.29, 0.717) is 12.1 Å². The van der Waals surface area contributed by atoms with Gasteiger partial charge in [0.15, 0.2) is 0 Å². The summed E-state index contributed by atoms with van der Waals surface area (Å²) < 4.78 is 6.02. The highest BCUT2D eigenvalue weighted by Gasteiger charge is 2.32. The average Bonchev–Trinajstić information content (AvgIpc) is 2.23. The van der Waals surface area contributed by atoms with Gasteiger partial charge in [-0.1, -0.05) is 54.4 Å². The van der Waals surface area contributed by atoms with Crippen molar-refractivity contribution in [3.05, 3.63) is 0 Å². The van der Waals surface area contributed by atoms with E-state index in [-0.39, 0.29) is 5.41 Å². The maximum Gasteiger partial charge on any atom is 0.0775 e. The SMILES string of the molecule is CCNC(CCCC(C)C)C(OCC)C(C)(C)C. The van der Waals surface area contributed by atoms with Crippen LogP contribution in [-0.2, 0) is 4.74 Å². The van der Waals surface area contributed by atoms with Crippen LogP contribution in [0.3, 0.4) is 0 Å². The number of rotatable bonds is 9. The van der Waals surface area contributed by atoms with Crippen molar-refractivity contribution in [2.75, 3.05) is 13.2 Å². The molecule has 1 N–H and O–H groups in total. The van der Waals surface area contributed by atoms with Crippen LogP contribution in [-0.4, -0.2) is 25.3 Å². The zero-order valence-electron chi connectivity index (χ0n) is 13.7. The third-order valence-corrected chi connectivity index (χ3v) is 3.33. The minimum Gasteiger partial charge on any atom is -0.376 e. The standard InChI is InChI=1S/C16H35NO/c1-8-17-14(12-10-11-13(3)4)15(18-9-2)16(5,6)7/h13-15,17H,8-12H2,1-7H3. The van der Waals surface area contributed by atoms with Gasteiger partial charge in [-0.05, 0) is 31.2 Å². The van der Waals surface area contributed by atoms with E-state index in [4.69, 9.17) is 4.74 Å². The Morgan fingerprint density at radius 2 is 1.67 bits per heavy atom. The number of ether oxygens (including phenoxy) is 1. The number of likely N-dealkylation sites (N-methyl/N-ethyl adjacent to an activating group) is 1. The van der Waals surface area contributed by atoms with Crippen LogP contribution in [0.5, 0.6) is 0 Å². The summed E-state index contributed by atoms with van der Waals surface area (Å²) in [6.07, 6.45) is 4.11. The summed E-state index contributed by atoms with van der Waals surface area (Å²) >= 11 is 0. The molecule has 0 aromatic carbocycles. The first kappa shape index (κ1) is 17.9. The highest BCUT2D eigenvalue weighted by atomic mass is 16.5. The van der Waals surface area contributed by atoms with Gasteiger partial charge in [0, 0.05) is 12.6 Å². The molecule has 0 fully saturated rings. The van der Waals surface area contributed by atoms with Crippen molar-refractivity contribution in [3.63, 3.8) is 0 Å². The van der Waals surface area contributed by atoms with Gasteiger partial charge in [-0.2, -0.15) is 0 Å². The monoisotopic (exact) mass is 257 g/mol. The fraction of sp³-hybridized carbons (Fsp3) is 1.00. The van der Waals surface area contributed by atoms with Crippen LogP contribution >= 0.6 is 0 Å². The van der Waals surface area contributed by atoms with Crippen molar-refractivity contribution < 1.29 is 4.74 Å². The van der Waals surface area contributed by atoms with E-state index in [2.05, 4.69) is 53.8 Å². The minimum atomic E-state index is 0.195. The fourth-order valence-electron chi connectivity index (χ4n) is 2.52. The molecule has 2 unspecified atom stereocenters. The molecule has 2 nitrogen and oxygen atoms in total. The Kier molecular flexibility index (Phi) is 8.89. The molecule has 0 saturated heterocycles. The van der Waals surface area contributed by atoms with E-state index in [1.54, 1.807) is 0 Å². The van der Waals surface area contributed by atoms with Crippen molar-refractivity contribution in [2.45, 2.75) is 79.9 Å². The van der Waals surface area contributed by atoms with Crippen LogP contribution in [0.2, 0.25) is 0 Å². The molecule has 0 aliphatic heterocycles.